The molecule has 1 atom stereocenters. The minimum absolute atomic E-state index is 0.0806. The molecule has 1 unspecified atom stereocenters. The van der Waals surface area contributed by atoms with Crippen LogP contribution in [0, 0.1) is 5.41 Å². The number of hydrogen-bond donors (Lipinski definition) is 3. The summed E-state index contributed by atoms with van der Waals surface area (Å²) in [6, 6.07) is 0. The van der Waals surface area contributed by atoms with Gasteiger partial charge in [-0.2, -0.15) is 0 Å². The van der Waals surface area contributed by atoms with Gasteiger partial charge in [0.05, 0.1) is 5.41 Å². The maximum absolute atomic E-state index is 11.5. The summed E-state index contributed by atoms with van der Waals surface area (Å²) >= 11 is 0. The van der Waals surface area contributed by atoms with E-state index in [2.05, 4.69) is 5.32 Å². The molecular formula is C12H24N2O3. The molecule has 0 rings (SSSR count). The van der Waals surface area contributed by atoms with Crippen molar-refractivity contribution in [1.82, 2.24) is 5.32 Å². The monoisotopic (exact) mass is 244 g/mol. The molecule has 0 fully saturated rings. The quantitative estimate of drug-likeness (QED) is 0.530. The summed E-state index contributed by atoms with van der Waals surface area (Å²) in [6.07, 6.45) is 3.61. The van der Waals surface area contributed by atoms with Crippen molar-refractivity contribution < 1.29 is 14.7 Å². The molecular weight excluding hydrogens is 220 g/mol. The summed E-state index contributed by atoms with van der Waals surface area (Å²) in [6.45, 7) is 4.29. The van der Waals surface area contributed by atoms with Gasteiger partial charge < -0.3 is 16.2 Å². The molecule has 5 nitrogen and oxygen atoms in total. The van der Waals surface area contributed by atoms with Crippen LogP contribution in [-0.4, -0.2) is 30.1 Å². The van der Waals surface area contributed by atoms with Crippen LogP contribution in [0.15, 0.2) is 0 Å². The predicted molar refractivity (Wildman–Crippen MR) is 66.6 cm³/mol. The van der Waals surface area contributed by atoms with Gasteiger partial charge in [0.2, 0.25) is 5.91 Å². The number of carbonyl (C=O) groups excluding carboxylic acids is 1. The van der Waals surface area contributed by atoms with Crippen LogP contribution in [0.25, 0.3) is 0 Å². The zero-order valence-electron chi connectivity index (χ0n) is 10.8. The second kappa shape index (κ2) is 8.06. The third kappa shape index (κ3) is 6.26. The molecule has 0 aliphatic rings. The van der Waals surface area contributed by atoms with E-state index in [-0.39, 0.29) is 12.5 Å². The molecule has 0 radical (unpaired) electrons. The van der Waals surface area contributed by atoms with E-state index in [4.69, 9.17) is 10.8 Å². The summed E-state index contributed by atoms with van der Waals surface area (Å²) in [5.74, 6) is -0.952. The first kappa shape index (κ1) is 15.9. The van der Waals surface area contributed by atoms with E-state index in [1.54, 1.807) is 6.92 Å². The average Bonchev–Trinajstić information content (AvgIpc) is 2.31. The fraction of sp³-hybridized carbons (Fsp3) is 0.833. The maximum atomic E-state index is 11.5. The first-order valence-corrected chi connectivity index (χ1v) is 6.16. The van der Waals surface area contributed by atoms with E-state index in [0.717, 1.165) is 19.3 Å². The third-order valence-electron chi connectivity index (χ3n) is 3.08. The van der Waals surface area contributed by atoms with E-state index >= 15 is 0 Å². The van der Waals surface area contributed by atoms with Crippen molar-refractivity contribution in [2.75, 3.05) is 13.1 Å². The Morgan fingerprint density at radius 1 is 1.29 bits per heavy atom. The highest BCUT2D eigenvalue weighted by Crippen LogP contribution is 2.19. The molecule has 5 heteroatoms. The maximum Gasteiger partial charge on any atom is 0.311 e. The van der Waals surface area contributed by atoms with Crippen molar-refractivity contribution in [3.8, 4) is 0 Å². The van der Waals surface area contributed by atoms with Crippen molar-refractivity contribution in [3.05, 3.63) is 0 Å². The van der Waals surface area contributed by atoms with Crippen LogP contribution in [0.5, 0.6) is 0 Å². The van der Waals surface area contributed by atoms with E-state index < -0.39 is 11.4 Å². The lowest BCUT2D eigenvalue weighted by Crippen LogP contribution is -2.40. The number of aliphatic carboxylic acids is 1. The van der Waals surface area contributed by atoms with E-state index in [1.807, 2.05) is 6.92 Å². The van der Waals surface area contributed by atoms with Gasteiger partial charge in [-0.05, 0) is 32.7 Å². The van der Waals surface area contributed by atoms with E-state index in [1.165, 1.54) is 0 Å². The minimum atomic E-state index is -0.872. The number of nitrogens with one attached hydrogen (secondary N) is 1. The Kier molecular flexibility index (Phi) is 7.54. The first-order valence-electron chi connectivity index (χ1n) is 6.16. The highest BCUT2D eigenvalue weighted by Gasteiger charge is 2.31. The molecule has 0 heterocycles. The number of amides is 1. The minimum Gasteiger partial charge on any atom is -0.481 e. The smallest absolute Gasteiger partial charge is 0.311 e. The predicted octanol–water partition coefficient (Wildman–Crippen LogP) is 1.12. The highest BCUT2D eigenvalue weighted by atomic mass is 16.4. The van der Waals surface area contributed by atoms with Gasteiger partial charge in [0, 0.05) is 13.0 Å². The van der Waals surface area contributed by atoms with Crippen molar-refractivity contribution in [3.63, 3.8) is 0 Å². The van der Waals surface area contributed by atoms with Gasteiger partial charge in [-0.15, -0.1) is 0 Å². The van der Waals surface area contributed by atoms with Crippen LogP contribution in [0.3, 0.4) is 0 Å². The van der Waals surface area contributed by atoms with Gasteiger partial charge in [0.15, 0.2) is 0 Å². The molecule has 0 spiro atoms. The average molecular weight is 244 g/mol. The molecule has 4 N–H and O–H groups in total. The Balaban J connectivity index is 3.86. The molecule has 0 aliphatic heterocycles. The van der Waals surface area contributed by atoms with Crippen molar-refractivity contribution in [2.24, 2.45) is 11.1 Å². The van der Waals surface area contributed by atoms with Crippen LogP contribution >= 0.6 is 0 Å². The second-order valence-corrected chi connectivity index (χ2v) is 4.60. The Labute approximate surface area is 103 Å². The van der Waals surface area contributed by atoms with Crippen LogP contribution in [0.4, 0.5) is 0 Å². The SMILES string of the molecule is CCC(C)(CNC(=O)CCCCCN)C(=O)O. The van der Waals surface area contributed by atoms with Gasteiger partial charge in [0.25, 0.3) is 0 Å². The number of carboxylic acids is 1. The Morgan fingerprint density at radius 2 is 1.94 bits per heavy atom. The molecule has 0 saturated heterocycles. The van der Waals surface area contributed by atoms with Gasteiger partial charge in [-0.3, -0.25) is 9.59 Å². The van der Waals surface area contributed by atoms with Gasteiger partial charge >= 0.3 is 5.97 Å². The standard InChI is InChI=1S/C12H24N2O3/c1-3-12(2,11(16)17)9-14-10(15)7-5-4-6-8-13/h3-9,13H2,1-2H3,(H,14,15)(H,16,17). The normalized spacial score (nSPS) is 14.1. The lowest BCUT2D eigenvalue weighted by Gasteiger charge is -2.23. The van der Waals surface area contributed by atoms with E-state index in [0.29, 0.717) is 19.4 Å². The van der Waals surface area contributed by atoms with Crippen molar-refractivity contribution in [2.45, 2.75) is 46.0 Å². The lowest BCUT2D eigenvalue weighted by atomic mass is 9.87. The third-order valence-corrected chi connectivity index (χ3v) is 3.08. The molecule has 0 saturated carbocycles. The van der Waals surface area contributed by atoms with Crippen molar-refractivity contribution in [1.29, 1.82) is 0 Å². The summed E-state index contributed by atoms with van der Waals surface area (Å²) in [4.78, 5) is 22.5. The Bertz CT molecular complexity index is 256. The second-order valence-electron chi connectivity index (χ2n) is 4.60. The highest BCUT2D eigenvalue weighted by molar-refractivity contribution is 5.78. The number of carbonyl (C=O) groups is 2. The number of nitrogens with two attached hydrogens (primary N) is 1. The molecule has 0 aliphatic carbocycles. The van der Waals surface area contributed by atoms with Gasteiger partial charge in [-0.25, -0.2) is 0 Å². The zero-order chi connectivity index (χ0) is 13.3. The Hall–Kier alpha value is -1.10. The molecule has 0 aromatic rings. The molecule has 17 heavy (non-hydrogen) atoms. The lowest BCUT2D eigenvalue weighted by molar-refractivity contribution is -0.148. The molecule has 0 aromatic carbocycles. The molecule has 100 valence electrons. The van der Waals surface area contributed by atoms with Crippen LogP contribution in [-0.2, 0) is 9.59 Å². The molecule has 0 aromatic heterocycles. The fourth-order valence-electron chi connectivity index (χ4n) is 1.34. The number of rotatable bonds is 9. The molecule has 1 amide bonds. The molecule has 0 bridgehead atoms. The number of unbranched alkanes of at least 4 members (excludes halogenated alkanes) is 2. The Morgan fingerprint density at radius 3 is 2.41 bits per heavy atom. The summed E-state index contributed by atoms with van der Waals surface area (Å²) in [5.41, 5.74) is 4.48. The fourth-order valence-corrected chi connectivity index (χ4v) is 1.34. The van der Waals surface area contributed by atoms with Gasteiger partial charge in [0.1, 0.15) is 0 Å². The van der Waals surface area contributed by atoms with Crippen LogP contribution in [0.2, 0.25) is 0 Å². The van der Waals surface area contributed by atoms with Crippen molar-refractivity contribution >= 4 is 11.9 Å². The zero-order valence-corrected chi connectivity index (χ0v) is 10.8. The first-order chi connectivity index (χ1) is 7.96. The summed E-state index contributed by atoms with van der Waals surface area (Å²) < 4.78 is 0. The topological polar surface area (TPSA) is 92.4 Å². The van der Waals surface area contributed by atoms with Crippen LogP contribution in [0.1, 0.15) is 46.0 Å². The number of carboxylic acid groups (broad SMARTS) is 1. The summed E-state index contributed by atoms with van der Waals surface area (Å²) in [5, 5.41) is 11.7. The number of hydrogen-bond acceptors (Lipinski definition) is 3. The van der Waals surface area contributed by atoms with Gasteiger partial charge in [-0.1, -0.05) is 13.3 Å². The summed E-state index contributed by atoms with van der Waals surface area (Å²) in [7, 11) is 0. The largest absolute Gasteiger partial charge is 0.481 e. The van der Waals surface area contributed by atoms with Crippen LogP contribution < -0.4 is 11.1 Å². The van der Waals surface area contributed by atoms with E-state index in [9.17, 15) is 9.59 Å².